The highest BCUT2D eigenvalue weighted by Crippen LogP contribution is 1.90. The van der Waals surface area contributed by atoms with Gasteiger partial charge in [0.15, 0.2) is 5.11 Å². The lowest BCUT2D eigenvalue weighted by molar-refractivity contribution is 0.107. The summed E-state index contributed by atoms with van der Waals surface area (Å²) in [5.41, 5.74) is 5.55. The Hall–Kier alpha value is -0.390. The molecule has 0 unspecified atom stereocenters. The highest BCUT2D eigenvalue weighted by Gasteiger charge is 2.04. The molecule has 84 valence electrons. The minimum absolute atomic E-state index is 0.407. The highest BCUT2D eigenvalue weighted by atomic mass is 32.1. The van der Waals surface area contributed by atoms with Gasteiger partial charge in [0.1, 0.15) is 0 Å². The molecule has 0 fully saturated rings. The number of rotatable bonds is 8. The van der Waals surface area contributed by atoms with Crippen LogP contribution in [0, 0.1) is 0 Å². The van der Waals surface area contributed by atoms with E-state index >= 15 is 0 Å². The molecule has 4 nitrogen and oxygen atoms in total. The van der Waals surface area contributed by atoms with E-state index in [1.54, 1.807) is 0 Å². The molecular formula is C9H20N2O2S. The Morgan fingerprint density at radius 1 is 1.14 bits per heavy atom. The zero-order chi connectivity index (χ0) is 10.8. The summed E-state index contributed by atoms with van der Waals surface area (Å²) in [6.07, 6.45) is 0. The molecule has 0 aromatic heterocycles. The van der Waals surface area contributed by atoms with Gasteiger partial charge in [0.05, 0.1) is 13.2 Å². The number of thiocarbonyl (C=S) groups is 1. The molecule has 0 saturated carbocycles. The van der Waals surface area contributed by atoms with Crippen LogP contribution in [0.2, 0.25) is 0 Å². The van der Waals surface area contributed by atoms with Gasteiger partial charge in [-0.25, -0.2) is 0 Å². The Balaban J connectivity index is 3.61. The second-order valence-corrected chi connectivity index (χ2v) is 3.14. The SMILES string of the molecule is CCOCCN(CCOCC)C(N)=S. The fourth-order valence-corrected chi connectivity index (χ4v) is 1.15. The van der Waals surface area contributed by atoms with Gasteiger partial charge in [-0.1, -0.05) is 0 Å². The lowest BCUT2D eigenvalue weighted by atomic mass is 10.5. The lowest BCUT2D eigenvalue weighted by Crippen LogP contribution is -2.40. The Morgan fingerprint density at radius 2 is 1.57 bits per heavy atom. The van der Waals surface area contributed by atoms with Gasteiger partial charge in [-0.05, 0) is 26.1 Å². The van der Waals surface area contributed by atoms with Crippen LogP contribution in [-0.2, 0) is 9.47 Å². The van der Waals surface area contributed by atoms with Gasteiger partial charge in [-0.15, -0.1) is 0 Å². The van der Waals surface area contributed by atoms with Gasteiger partial charge >= 0.3 is 0 Å². The van der Waals surface area contributed by atoms with Crippen LogP contribution in [0.5, 0.6) is 0 Å². The molecule has 0 bridgehead atoms. The van der Waals surface area contributed by atoms with E-state index in [9.17, 15) is 0 Å². The predicted molar refractivity (Wildman–Crippen MR) is 61.3 cm³/mol. The quantitative estimate of drug-likeness (QED) is 0.479. The van der Waals surface area contributed by atoms with Crippen LogP contribution in [0.25, 0.3) is 0 Å². The van der Waals surface area contributed by atoms with E-state index in [1.165, 1.54) is 0 Å². The number of hydrogen-bond donors (Lipinski definition) is 1. The summed E-state index contributed by atoms with van der Waals surface area (Å²) in [5, 5.41) is 0.407. The fourth-order valence-electron chi connectivity index (χ4n) is 0.970. The average molecular weight is 220 g/mol. The first-order chi connectivity index (χ1) is 6.72. The molecule has 0 heterocycles. The number of nitrogens with two attached hydrogens (primary N) is 1. The predicted octanol–water partition coefficient (Wildman–Crippen LogP) is 0.605. The molecule has 2 N–H and O–H groups in total. The Bertz CT molecular complexity index is 146. The maximum Gasteiger partial charge on any atom is 0.166 e. The Kier molecular flexibility index (Phi) is 8.92. The second kappa shape index (κ2) is 9.18. The maximum absolute atomic E-state index is 5.55. The summed E-state index contributed by atoms with van der Waals surface area (Å²) >= 11 is 4.91. The van der Waals surface area contributed by atoms with E-state index in [4.69, 9.17) is 27.4 Å². The van der Waals surface area contributed by atoms with Crippen molar-refractivity contribution in [3.8, 4) is 0 Å². The van der Waals surface area contributed by atoms with E-state index < -0.39 is 0 Å². The summed E-state index contributed by atoms with van der Waals surface area (Å²) in [7, 11) is 0. The normalized spacial score (nSPS) is 10.1. The van der Waals surface area contributed by atoms with E-state index in [1.807, 2.05) is 18.7 Å². The molecule has 5 heteroatoms. The van der Waals surface area contributed by atoms with Crippen LogP contribution in [0.1, 0.15) is 13.8 Å². The van der Waals surface area contributed by atoms with Crippen LogP contribution >= 0.6 is 12.2 Å². The van der Waals surface area contributed by atoms with E-state index in [0.717, 1.165) is 26.3 Å². The van der Waals surface area contributed by atoms with Crippen molar-refractivity contribution in [2.75, 3.05) is 39.5 Å². The molecule has 0 radical (unpaired) electrons. The van der Waals surface area contributed by atoms with Gasteiger partial charge in [0.25, 0.3) is 0 Å². The van der Waals surface area contributed by atoms with E-state index in [0.29, 0.717) is 18.3 Å². The molecule has 0 spiro atoms. The minimum Gasteiger partial charge on any atom is -0.380 e. The molecule has 0 rings (SSSR count). The maximum atomic E-state index is 5.55. The second-order valence-electron chi connectivity index (χ2n) is 2.72. The van der Waals surface area contributed by atoms with Crippen molar-refractivity contribution < 1.29 is 9.47 Å². The van der Waals surface area contributed by atoms with Crippen molar-refractivity contribution in [3.05, 3.63) is 0 Å². The largest absolute Gasteiger partial charge is 0.380 e. The lowest BCUT2D eigenvalue weighted by Gasteiger charge is -2.22. The first-order valence-corrected chi connectivity index (χ1v) is 5.33. The van der Waals surface area contributed by atoms with Gasteiger partial charge in [0, 0.05) is 26.3 Å². The minimum atomic E-state index is 0.407. The topological polar surface area (TPSA) is 47.7 Å². The zero-order valence-corrected chi connectivity index (χ0v) is 9.81. The first-order valence-electron chi connectivity index (χ1n) is 4.92. The molecule has 0 aliphatic carbocycles. The van der Waals surface area contributed by atoms with Crippen molar-refractivity contribution in [2.24, 2.45) is 5.73 Å². The van der Waals surface area contributed by atoms with E-state index in [-0.39, 0.29) is 0 Å². The van der Waals surface area contributed by atoms with Gasteiger partial charge < -0.3 is 20.1 Å². The van der Waals surface area contributed by atoms with Crippen LogP contribution in [0.4, 0.5) is 0 Å². The Labute approximate surface area is 91.3 Å². The van der Waals surface area contributed by atoms with Crippen LogP contribution in [0.15, 0.2) is 0 Å². The molecule has 0 atom stereocenters. The fraction of sp³-hybridized carbons (Fsp3) is 0.889. The number of hydrogen-bond acceptors (Lipinski definition) is 3. The zero-order valence-electron chi connectivity index (χ0n) is 8.99. The molecule has 0 saturated heterocycles. The summed E-state index contributed by atoms with van der Waals surface area (Å²) in [6, 6.07) is 0. The molecule has 14 heavy (non-hydrogen) atoms. The third kappa shape index (κ3) is 7.06. The van der Waals surface area contributed by atoms with Crippen molar-refractivity contribution >= 4 is 17.3 Å². The smallest absolute Gasteiger partial charge is 0.166 e. The van der Waals surface area contributed by atoms with Gasteiger partial charge in [-0.3, -0.25) is 0 Å². The highest BCUT2D eigenvalue weighted by molar-refractivity contribution is 7.80. The molecule has 0 aromatic carbocycles. The van der Waals surface area contributed by atoms with Crippen molar-refractivity contribution in [3.63, 3.8) is 0 Å². The third-order valence-electron chi connectivity index (χ3n) is 1.73. The van der Waals surface area contributed by atoms with Gasteiger partial charge in [0.2, 0.25) is 0 Å². The van der Waals surface area contributed by atoms with E-state index in [2.05, 4.69) is 0 Å². The molecule has 0 aromatic rings. The number of ether oxygens (including phenoxy) is 2. The van der Waals surface area contributed by atoms with Crippen molar-refractivity contribution in [1.82, 2.24) is 4.90 Å². The number of nitrogens with zero attached hydrogens (tertiary/aromatic N) is 1. The third-order valence-corrected chi connectivity index (χ3v) is 1.99. The molecular weight excluding hydrogens is 200 g/mol. The van der Waals surface area contributed by atoms with Gasteiger partial charge in [-0.2, -0.15) is 0 Å². The monoisotopic (exact) mass is 220 g/mol. The standard InChI is InChI=1S/C9H20N2O2S/c1-3-12-7-5-11(9(10)14)6-8-13-4-2/h3-8H2,1-2H3,(H2,10,14). The van der Waals surface area contributed by atoms with Crippen LogP contribution in [0.3, 0.4) is 0 Å². The van der Waals surface area contributed by atoms with Crippen molar-refractivity contribution in [1.29, 1.82) is 0 Å². The molecule has 0 amide bonds. The van der Waals surface area contributed by atoms with Crippen LogP contribution in [-0.4, -0.2) is 49.5 Å². The summed E-state index contributed by atoms with van der Waals surface area (Å²) in [6.45, 7) is 8.14. The average Bonchev–Trinajstić information content (AvgIpc) is 2.15. The molecule has 0 aliphatic rings. The summed E-state index contributed by atoms with van der Waals surface area (Å²) in [4.78, 5) is 1.89. The van der Waals surface area contributed by atoms with Crippen LogP contribution < -0.4 is 5.73 Å². The first kappa shape index (κ1) is 13.6. The summed E-state index contributed by atoms with van der Waals surface area (Å²) in [5.74, 6) is 0. The summed E-state index contributed by atoms with van der Waals surface area (Å²) < 4.78 is 10.4. The van der Waals surface area contributed by atoms with Crippen molar-refractivity contribution in [2.45, 2.75) is 13.8 Å². The molecule has 0 aliphatic heterocycles. The Morgan fingerprint density at radius 3 is 1.86 bits per heavy atom.